The summed E-state index contributed by atoms with van der Waals surface area (Å²) in [6.07, 6.45) is 1.98. The predicted molar refractivity (Wildman–Crippen MR) is 113 cm³/mol. The molecule has 0 atom stereocenters. The van der Waals surface area contributed by atoms with Crippen LogP contribution in [0.1, 0.15) is 70.2 Å². The van der Waals surface area contributed by atoms with Crippen LogP contribution in [0.15, 0.2) is 54.7 Å². The van der Waals surface area contributed by atoms with Crippen LogP contribution in [0.25, 0.3) is 10.8 Å². The Kier molecular flexibility index (Phi) is 5.04. The summed E-state index contributed by atoms with van der Waals surface area (Å²) in [4.78, 5) is 4.76. The number of para-hydroxylation sites is 1. The predicted octanol–water partition coefficient (Wildman–Crippen LogP) is 6.83. The van der Waals surface area contributed by atoms with Gasteiger partial charge in [-0.05, 0) is 48.3 Å². The van der Waals surface area contributed by atoms with Gasteiger partial charge in [0.15, 0.2) is 0 Å². The normalized spacial score (nSPS) is 12.2. The standard InChI is InChI=1S/C24H30N2/c1-16(2)20-12-9-13-21(17(3)4)23(20)26-24(5,6)22-14-18-10-7-8-11-19(18)15-25-22/h7-17,26H,1-6H3. The number of nitrogens with one attached hydrogen (secondary N) is 1. The second-order valence-corrected chi connectivity index (χ2v) is 8.29. The summed E-state index contributed by atoms with van der Waals surface area (Å²) < 4.78 is 0. The third-order valence-electron chi connectivity index (χ3n) is 5.08. The molecule has 2 nitrogen and oxygen atoms in total. The minimum Gasteiger partial charge on any atom is -0.374 e. The van der Waals surface area contributed by atoms with E-state index in [0.717, 1.165) is 5.69 Å². The van der Waals surface area contributed by atoms with Crippen LogP contribution >= 0.6 is 0 Å². The molecule has 1 aromatic heterocycles. The van der Waals surface area contributed by atoms with Crippen molar-refractivity contribution in [2.75, 3.05) is 5.32 Å². The molecule has 0 unspecified atom stereocenters. The van der Waals surface area contributed by atoms with Crippen molar-refractivity contribution >= 4 is 16.5 Å². The van der Waals surface area contributed by atoms with Gasteiger partial charge in [0.05, 0.1) is 11.2 Å². The topological polar surface area (TPSA) is 24.9 Å². The van der Waals surface area contributed by atoms with Gasteiger partial charge in [-0.2, -0.15) is 0 Å². The number of nitrogens with zero attached hydrogens (tertiary/aromatic N) is 1. The van der Waals surface area contributed by atoms with Gasteiger partial charge in [0.2, 0.25) is 0 Å². The Bertz CT molecular complexity index is 881. The molecule has 0 saturated carbocycles. The van der Waals surface area contributed by atoms with E-state index in [0.29, 0.717) is 11.8 Å². The minimum absolute atomic E-state index is 0.265. The van der Waals surface area contributed by atoms with Crippen molar-refractivity contribution in [3.05, 3.63) is 71.5 Å². The molecule has 3 rings (SSSR count). The lowest BCUT2D eigenvalue weighted by atomic mass is 9.90. The molecule has 3 aromatic rings. The number of hydrogen-bond donors (Lipinski definition) is 1. The lowest BCUT2D eigenvalue weighted by Gasteiger charge is -2.31. The van der Waals surface area contributed by atoms with Crippen LogP contribution in [0.5, 0.6) is 0 Å². The van der Waals surface area contributed by atoms with Crippen molar-refractivity contribution in [3.63, 3.8) is 0 Å². The molecule has 0 radical (unpaired) electrons. The highest BCUT2D eigenvalue weighted by Gasteiger charge is 2.25. The van der Waals surface area contributed by atoms with Crippen LogP contribution in [0.4, 0.5) is 5.69 Å². The highest BCUT2D eigenvalue weighted by Crippen LogP contribution is 2.36. The van der Waals surface area contributed by atoms with Crippen molar-refractivity contribution in [1.82, 2.24) is 4.98 Å². The van der Waals surface area contributed by atoms with Crippen LogP contribution in [0.2, 0.25) is 0 Å². The van der Waals surface area contributed by atoms with Crippen LogP contribution in [-0.4, -0.2) is 4.98 Å². The summed E-state index contributed by atoms with van der Waals surface area (Å²) in [6, 6.07) is 17.3. The zero-order valence-corrected chi connectivity index (χ0v) is 16.8. The van der Waals surface area contributed by atoms with E-state index in [1.54, 1.807) is 0 Å². The number of rotatable bonds is 5. The van der Waals surface area contributed by atoms with Gasteiger partial charge < -0.3 is 5.32 Å². The van der Waals surface area contributed by atoms with Gasteiger partial charge in [0, 0.05) is 17.3 Å². The molecule has 0 aliphatic heterocycles. The Morgan fingerprint density at radius 2 is 1.38 bits per heavy atom. The van der Waals surface area contributed by atoms with E-state index < -0.39 is 0 Å². The average Bonchev–Trinajstić information content (AvgIpc) is 2.60. The summed E-state index contributed by atoms with van der Waals surface area (Å²) >= 11 is 0. The lowest BCUT2D eigenvalue weighted by Crippen LogP contribution is -2.30. The first-order chi connectivity index (χ1) is 12.3. The highest BCUT2D eigenvalue weighted by atomic mass is 15.0. The molecular formula is C24H30N2. The van der Waals surface area contributed by atoms with Crippen molar-refractivity contribution < 1.29 is 0 Å². The Morgan fingerprint density at radius 3 is 1.96 bits per heavy atom. The van der Waals surface area contributed by atoms with E-state index >= 15 is 0 Å². The molecule has 1 heterocycles. The number of fused-ring (bicyclic) bond motifs is 1. The van der Waals surface area contributed by atoms with E-state index in [1.165, 1.54) is 27.6 Å². The molecule has 1 N–H and O–H groups in total. The maximum atomic E-state index is 4.76. The fourth-order valence-corrected chi connectivity index (χ4v) is 3.50. The SMILES string of the molecule is CC(C)c1cccc(C(C)C)c1NC(C)(C)c1cc2ccccc2cn1. The summed E-state index contributed by atoms with van der Waals surface area (Å²) in [7, 11) is 0. The summed E-state index contributed by atoms with van der Waals surface area (Å²) in [5.41, 5.74) is 4.79. The maximum Gasteiger partial charge on any atom is 0.0739 e. The number of benzene rings is 2. The van der Waals surface area contributed by atoms with Crippen LogP contribution < -0.4 is 5.32 Å². The third-order valence-corrected chi connectivity index (χ3v) is 5.08. The van der Waals surface area contributed by atoms with Gasteiger partial charge in [-0.1, -0.05) is 70.2 Å². The van der Waals surface area contributed by atoms with Crippen LogP contribution in [0, 0.1) is 0 Å². The smallest absolute Gasteiger partial charge is 0.0739 e. The van der Waals surface area contributed by atoms with Crippen molar-refractivity contribution in [3.8, 4) is 0 Å². The van der Waals surface area contributed by atoms with Crippen molar-refractivity contribution in [2.24, 2.45) is 0 Å². The Hall–Kier alpha value is -2.35. The second kappa shape index (κ2) is 7.11. The van der Waals surface area contributed by atoms with Crippen LogP contribution in [0.3, 0.4) is 0 Å². The molecule has 0 spiro atoms. The van der Waals surface area contributed by atoms with Gasteiger partial charge in [0.1, 0.15) is 0 Å². The zero-order valence-electron chi connectivity index (χ0n) is 16.8. The zero-order chi connectivity index (χ0) is 18.9. The molecule has 0 amide bonds. The molecule has 0 aliphatic rings. The average molecular weight is 347 g/mol. The van der Waals surface area contributed by atoms with E-state index in [2.05, 4.69) is 95.4 Å². The van der Waals surface area contributed by atoms with Gasteiger partial charge in [-0.3, -0.25) is 4.98 Å². The van der Waals surface area contributed by atoms with E-state index in [4.69, 9.17) is 4.98 Å². The molecule has 136 valence electrons. The highest BCUT2D eigenvalue weighted by molar-refractivity contribution is 5.82. The first kappa shape index (κ1) is 18.4. The fraction of sp³-hybridized carbons (Fsp3) is 0.375. The van der Waals surface area contributed by atoms with Gasteiger partial charge in [0.25, 0.3) is 0 Å². The molecular weight excluding hydrogens is 316 g/mol. The molecule has 0 fully saturated rings. The summed E-state index contributed by atoms with van der Waals surface area (Å²) in [6.45, 7) is 13.5. The van der Waals surface area contributed by atoms with Crippen LogP contribution in [-0.2, 0) is 5.54 Å². The van der Waals surface area contributed by atoms with Gasteiger partial charge in [-0.25, -0.2) is 0 Å². The Morgan fingerprint density at radius 1 is 0.808 bits per heavy atom. The molecule has 0 bridgehead atoms. The van der Waals surface area contributed by atoms with E-state index in [9.17, 15) is 0 Å². The molecule has 0 saturated heterocycles. The largest absolute Gasteiger partial charge is 0.374 e. The van der Waals surface area contributed by atoms with Gasteiger partial charge >= 0.3 is 0 Å². The molecule has 26 heavy (non-hydrogen) atoms. The fourth-order valence-electron chi connectivity index (χ4n) is 3.50. The minimum atomic E-state index is -0.265. The van der Waals surface area contributed by atoms with E-state index in [-0.39, 0.29) is 5.54 Å². The Balaban J connectivity index is 2.05. The number of aromatic nitrogens is 1. The third kappa shape index (κ3) is 3.60. The second-order valence-electron chi connectivity index (χ2n) is 8.29. The monoisotopic (exact) mass is 346 g/mol. The first-order valence-electron chi connectivity index (χ1n) is 9.56. The molecule has 2 heteroatoms. The summed E-state index contributed by atoms with van der Waals surface area (Å²) in [5, 5.41) is 6.25. The number of hydrogen-bond acceptors (Lipinski definition) is 2. The maximum absolute atomic E-state index is 4.76. The van der Waals surface area contributed by atoms with Crippen molar-refractivity contribution in [1.29, 1.82) is 0 Å². The number of anilines is 1. The van der Waals surface area contributed by atoms with E-state index in [1.807, 2.05) is 6.20 Å². The number of pyridine rings is 1. The molecule has 2 aromatic carbocycles. The van der Waals surface area contributed by atoms with Gasteiger partial charge in [-0.15, -0.1) is 0 Å². The van der Waals surface area contributed by atoms with Crippen molar-refractivity contribution in [2.45, 2.75) is 58.9 Å². The lowest BCUT2D eigenvalue weighted by molar-refractivity contribution is 0.584. The quantitative estimate of drug-likeness (QED) is 0.547. The summed E-state index contributed by atoms with van der Waals surface area (Å²) in [5.74, 6) is 0.938. The molecule has 0 aliphatic carbocycles. The first-order valence-corrected chi connectivity index (χ1v) is 9.56. The Labute approximate surface area is 157 Å².